The van der Waals surface area contributed by atoms with Crippen LogP contribution < -0.4 is 10.1 Å². The van der Waals surface area contributed by atoms with E-state index in [1.807, 2.05) is 31.3 Å². The highest BCUT2D eigenvalue weighted by Crippen LogP contribution is 2.25. The predicted molar refractivity (Wildman–Crippen MR) is 78.8 cm³/mol. The van der Waals surface area contributed by atoms with E-state index >= 15 is 0 Å². The highest BCUT2D eigenvalue weighted by atomic mass is 16.5. The fraction of sp³-hybridized carbons (Fsp3) is 0.400. The van der Waals surface area contributed by atoms with Crippen LogP contribution in [0.15, 0.2) is 30.5 Å². The van der Waals surface area contributed by atoms with E-state index in [0.29, 0.717) is 13.2 Å². The summed E-state index contributed by atoms with van der Waals surface area (Å²) in [5, 5.41) is 10.5. The van der Waals surface area contributed by atoms with Crippen LogP contribution in [0.1, 0.15) is 12.5 Å². The molecule has 0 aliphatic carbocycles. The van der Waals surface area contributed by atoms with Gasteiger partial charge >= 0.3 is 0 Å². The van der Waals surface area contributed by atoms with Gasteiger partial charge in [-0.25, -0.2) is 0 Å². The van der Waals surface area contributed by atoms with E-state index in [1.54, 1.807) is 7.11 Å². The lowest BCUT2D eigenvalue weighted by molar-refractivity contribution is 0.199. The molecule has 5 heteroatoms. The molecule has 1 heterocycles. The first-order valence-corrected chi connectivity index (χ1v) is 6.80. The molecule has 0 aliphatic rings. The van der Waals surface area contributed by atoms with Crippen LogP contribution in [0.25, 0.3) is 11.3 Å². The van der Waals surface area contributed by atoms with Crippen LogP contribution in [0, 0.1) is 0 Å². The molecule has 2 N–H and O–H groups in total. The summed E-state index contributed by atoms with van der Waals surface area (Å²) in [7, 11) is 1.70. The standard InChI is InChI=1S/C15H21N3O2/c1-3-20-14-6-4-5-12(9-14)15-13(11-17-18-15)10-16-7-8-19-2/h4-6,9,11,16H,3,7-8,10H2,1-2H3,(H,17,18). The topological polar surface area (TPSA) is 59.2 Å². The van der Waals surface area contributed by atoms with Gasteiger partial charge in [0.25, 0.3) is 0 Å². The molecule has 0 radical (unpaired) electrons. The number of rotatable bonds is 8. The van der Waals surface area contributed by atoms with Gasteiger partial charge in [0.1, 0.15) is 5.75 Å². The maximum atomic E-state index is 5.53. The molecule has 0 unspecified atom stereocenters. The van der Waals surface area contributed by atoms with Crippen LogP contribution in [0.4, 0.5) is 0 Å². The molecule has 0 amide bonds. The third-order valence-electron chi connectivity index (χ3n) is 2.95. The number of H-pyrrole nitrogens is 1. The van der Waals surface area contributed by atoms with Crippen molar-refractivity contribution in [3.05, 3.63) is 36.0 Å². The van der Waals surface area contributed by atoms with Crippen molar-refractivity contribution in [3.63, 3.8) is 0 Å². The SMILES string of the molecule is CCOc1cccc(-c2[nH]ncc2CNCCOC)c1. The monoisotopic (exact) mass is 275 g/mol. The number of nitrogens with one attached hydrogen (secondary N) is 2. The molecule has 1 aromatic heterocycles. The van der Waals surface area contributed by atoms with Gasteiger partial charge in [-0.1, -0.05) is 12.1 Å². The summed E-state index contributed by atoms with van der Waals surface area (Å²) in [5.41, 5.74) is 3.24. The zero-order valence-corrected chi connectivity index (χ0v) is 12.0. The number of methoxy groups -OCH3 is 1. The second-order valence-electron chi connectivity index (χ2n) is 4.40. The number of nitrogens with zero attached hydrogens (tertiary/aromatic N) is 1. The first kappa shape index (κ1) is 14.6. The Morgan fingerprint density at radius 1 is 1.35 bits per heavy atom. The highest BCUT2D eigenvalue weighted by Gasteiger charge is 2.08. The van der Waals surface area contributed by atoms with E-state index in [2.05, 4.69) is 21.6 Å². The van der Waals surface area contributed by atoms with Gasteiger partial charge in [-0.3, -0.25) is 5.10 Å². The zero-order valence-electron chi connectivity index (χ0n) is 12.0. The number of aromatic amines is 1. The summed E-state index contributed by atoms with van der Waals surface area (Å²) in [6, 6.07) is 8.02. The fourth-order valence-electron chi connectivity index (χ4n) is 2.00. The third kappa shape index (κ3) is 3.82. The van der Waals surface area contributed by atoms with Gasteiger partial charge in [0.2, 0.25) is 0 Å². The van der Waals surface area contributed by atoms with Gasteiger partial charge in [0.15, 0.2) is 0 Å². The Bertz CT molecular complexity index is 525. The average Bonchev–Trinajstić information content (AvgIpc) is 2.93. The van der Waals surface area contributed by atoms with E-state index in [9.17, 15) is 0 Å². The normalized spacial score (nSPS) is 10.7. The molecule has 2 aromatic rings. The highest BCUT2D eigenvalue weighted by molar-refractivity contribution is 5.64. The van der Waals surface area contributed by atoms with Crippen molar-refractivity contribution in [2.75, 3.05) is 26.9 Å². The molecule has 0 saturated heterocycles. The van der Waals surface area contributed by atoms with Crippen molar-refractivity contribution in [3.8, 4) is 17.0 Å². The number of ether oxygens (including phenoxy) is 2. The molecule has 1 aromatic carbocycles. The first-order valence-electron chi connectivity index (χ1n) is 6.80. The minimum absolute atomic E-state index is 0.665. The van der Waals surface area contributed by atoms with E-state index < -0.39 is 0 Å². The van der Waals surface area contributed by atoms with Gasteiger partial charge in [-0.05, 0) is 19.1 Å². The molecule has 0 fully saturated rings. The average molecular weight is 275 g/mol. The lowest BCUT2D eigenvalue weighted by Gasteiger charge is -2.07. The molecule has 0 atom stereocenters. The quantitative estimate of drug-likeness (QED) is 0.725. The van der Waals surface area contributed by atoms with Crippen LogP contribution >= 0.6 is 0 Å². The summed E-state index contributed by atoms with van der Waals surface area (Å²) >= 11 is 0. The van der Waals surface area contributed by atoms with Crippen molar-refractivity contribution in [1.82, 2.24) is 15.5 Å². The number of aromatic nitrogens is 2. The Labute approximate surface area is 119 Å². The molecule has 20 heavy (non-hydrogen) atoms. The first-order chi connectivity index (χ1) is 9.85. The fourth-order valence-corrected chi connectivity index (χ4v) is 2.00. The van der Waals surface area contributed by atoms with Crippen LogP contribution in [-0.2, 0) is 11.3 Å². The number of hydrogen-bond donors (Lipinski definition) is 2. The maximum absolute atomic E-state index is 5.53. The van der Waals surface area contributed by atoms with Crippen LogP contribution in [0.5, 0.6) is 5.75 Å². The molecule has 0 saturated carbocycles. The van der Waals surface area contributed by atoms with Crippen molar-refractivity contribution < 1.29 is 9.47 Å². The van der Waals surface area contributed by atoms with Crippen molar-refractivity contribution in [2.24, 2.45) is 0 Å². The summed E-state index contributed by atoms with van der Waals surface area (Å²) in [6.45, 7) is 4.92. The number of hydrogen-bond acceptors (Lipinski definition) is 4. The molecule has 0 spiro atoms. The van der Waals surface area contributed by atoms with Crippen LogP contribution in [-0.4, -0.2) is 37.1 Å². The molecule has 0 bridgehead atoms. The van der Waals surface area contributed by atoms with Gasteiger partial charge in [-0.2, -0.15) is 5.10 Å². The van der Waals surface area contributed by atoms with E-state index in [4.69, 9.17) is 9.47 Å². The molecule has 108 valence electrons. The van der Waals surface area contributed by atoms with E-state index in [1.165, 1.54) is 0 Å². The second kappa shape index (κ2) is 7.67. The van der Waals surface area contributed by atoms with Crippen molar-refractivity contribution >= 4 is 0 Å². The van der Waals surface area contributed by atoms with Crippen molar-refractivity contribution in [1.29, 1.82) is 0 Å². The van der Waals surface area contributed by atoms with E-state index in [0.717, 1.165) is 35.7 Å². The molecule has 5 nitrogen and oxygen atoms in total. The maximum Gasteiger partial charge on any atom is 0.119 e. The largest absolute Gasteiger partial charge is 0.494 e. The Morgan fingerprint density at radius 2 is 2.25 bits per heavy atom. The van der Waals surface area contributed by atoms with Gasteiger partial charge in [0.05, 0.1) is 25.1 Å². The third-order valence-corrected chi connectivity index (χ3v) is 2.95. The van der Waals surface area contributed by atoms with Gasteiger partial charge in [-0.15, -0.1) is 0 Å². The lowest BCUT2D eigenvalue weighted by Crippen LogP contribution is -2.18. The Kier molecular flexibility index (Phi) is 5.58. The second-order valence-corrected chi connectivity index (χ2v) is 4.40. The summed E-state index contributed by atoms with van der Waals surface area (Å²) in [6.07, 6.45) is 1.85. The summed E-state index contributed by atoms with van der Waals surface area (Å²) < 4.78 is 10.5. The van der Waals surface area contributed by atoms with Gasteiger partial charge in [0, 0.05) is 31.3 Å². The lowest BCUT2D eigenvalue weighted by atomic mass is 10.1. The minimum Gasteiger partial charge on any atom is -0.494 e. The van der Waals surface area contributed by atoms with Crippen molar-refractivity contribution in [2.45, 2.75) is 13.5 Å². The predicted octanol–water partition coefficient (Wildman–Crippen LogP) is 2.21. The molecule has 2 rings (SSSR count). The van der Waals surface area contributed by atoms with Gasteiger partial charge < -0.3 is 14.8 Å². The smallest absolute Gasteiger partial charge is 0.119 e. The Balaban J connectivity index is 2.08. The molecular weight excluding hydrogens is 254 g/mol. The Hall–Kier alpha value is -1.85. The number of benzene rings is 1. The molecular formula is C15H21N3O2. The van der Waals surface area contributed by atoms with E-state index in [-0.39, 0.29) is 0 Å². The Morgan fingerprint density at radius 3 is 3.05 bits per heavy atom. The molecule has 0 aliphatic heterocycles. The summed E-state index contributed by atoms with van der Waals surface area (Å²) in [5.74, 6) is 0.873. The summed E-state index contributed by atoms with van der Waals surface area (Å²) in [4.78, 5) is 0. The van der Waals surface area contributed by atoms with Crippen LogP contribution in [0.3, 0.4) is 0 Å². The van der Waals surface area contributed by atoms with Crippen LogP contribution in [0.2, 0.25) is 0 Å². The zero-order chi connectivity index (χ0) is 14.2. The minimum atomic E-state index is 0.665.